The number of hydrogen-bond donors (Lipinski definition) is 3. The second kappa shape index (κ2) is 8.32. The lowest BCUT2D eigenvalue weighted by atomic mass is 9.87. The number of anilines is 1. The Hall–Kier alpha value is -2.38. The van der Waals surface area contributed by atoms with E-state index in [9.17, 15) is 9.59 Å². The molecule has 0 unspecified atom stereocenters. The van der Waals surface area contributed by atoms with Gasteiger partial charge in [0.1, 0.15) is 5.54 Å². The van der Waals surface area contributed by atoms with E-state index < -0.39 is 5.54 Å². The number of aryl methyl sites for hydroxylation is 1. The average molecular weight is 404 g/mol. The van der Waals surface area contributed by atoms with Crippen LogP contribution in [0.15, 0.2) is 36.7 Å². The Kier molecular flexibility index (Phi) is 6.05. The lowest BCUT2D eigenvalue weighted by Crippen LogP contribution is -2.52. The molecule has 3 N–H and O–H groups in total. The second-order valence-electron chi connectivity index (χ2n) is 7.46. The molecule has 150 valence electrons. The van der Waals surface area contributed by atoms with Gasteiger partial charge >= 0.3 is 0 Å². The molecule has 2 amide bonds. The van der Waals surface area contributed by atoms with Crippen molar-refractivity contribution in [2.45, 2.75) is 44.2 Å². The SMILES string of the molecule is Cc1ccc(C(=O)NC2CC2)cc1NC(=O)C1(n2cccn2)CCNCC1.Cl. The molecule has 0 bridgehead atoms. The molecule has 2 heterocycles. The summed E-state index contributed by atoms with van der Waals surface area (Å²) < 4.78 is 1.77. The number of carbonyl (C=O) groups excluding carboxylic acids is 2. The zero-order valence-corrected chi connectivity index (χ0v) is 16.7. The number of nitrogens with zero attached hydrogens (tertiary/aromatic N) is 2. The predicted molar refractivity (Wildman–Crippen MR) is 110 cm³/mol. The molecule has 2 fully saturated rings. The first-order chi connectivity index (χ1) is 13.1. The minimum Gasteiger partial charge on any atom is -0.349 e. The molecule has 4 rings (SSSR count). The van der Waals surface area contributed by atoms with Gasteiger partial charge in [-0.2, -0.15) is 5.10 Å². The first-order valence-electron chi connectivity index (χ1n) is 9.52. The third-order valence-electron chi connectivity index (χ3n) is 5.46. The number of amides is 2. The summed E-state index contributed by atoms with van der Waals surface area (Å²) in [7, 11) is 0. The minimum absolute atomic E-state index is 0. The molecule has 2 aromatic rings. The maximum absolute atomic E-state index is 13.3. The van der Waals surface area contributed by atoms with E-state index in [4.69, 9.17) is 0 Å². The van der Waals surface area contributed by atoms with E-state index in [2.05, 4.69) is 21.0 Å². The number of carbonyl (C=O) groups is 2. The maximum Gasteiger partial charge on any atom is 0.252 e. The highest BCUT2D eigenvalue weighted by molar-refractivity contribution is 6.00. The number of halogens is 1. The van der Waals surface area contributed by atoms with Gasteiger partial charge in [-0.1, -0.05) is 6.07 Å². The van der Waals surface area contributed by atoms with E-state index in [1.165, 1.54) is 0 Å². The molecule has 0 radical (unpaired) electrons. The van der Waals surface area contributed by atoms with Crippen LogP contribution in [0, 0.1) is 6.92 Å². The Morgan fingerprint density at radius 1 is 1.25 bits per heavy atom. The van der Waals surface area contributed by atoms with Gasteiger partial charge in [-0.3, -0.25) is 14.3 Å². The molecule has 8 heteroatoms. The van der Waals surface area contributed by atoms with Gasteiger partial charge in [-0.25, -0.2) is 0 Å². The average Bonchev–Trinajstić information content (AvgIpc) is 3.32. The molecule has 1 saturated carbocycles. The molecule has 1 aliphatic heterocycles. The number of aromatic nitrogens is 2. The normalized spacial score (nSPS) is 18.0. The van der Waals surface area contributed by atoms with Crippen molar-refractivity contribution in [1.82, 2.24) is 20.4 Å². The highest BCUT2D eigenvalue weighted by atomic mass is 35.5. The van der Waals surface area contributed by atoms with Crippen LogP contribution in [0.25, 0.3) is 0 Å². The summed E-state index contributed by atoms with van der Waals surface area (Å²) in [5.41, 5.74) is 1.46. The Labute approximate surface area is 170 Å². The fourth-order valence-corrected chi connectivity index (χ4v) is 3.56. The summed E-state index contributed by atoms with van der Waals surface area (Å²) in [6.45, 7) is 3.45. The molecule has 1 aromatic carbocycles. The topological polar surface area (TPSA) is 88.1 Å². The molecule has 0 atom stereocenters. The third-order valence-corrected chi connectivity index (χ3v) is 5.46. The van der Waals surface area contributed by atoms with Gasteiger partial charge < -0.3 is 16.0 Å². The molecule has 7 nitrogen and oxygen atoms in total. The van der Waals surface area contributed by atoms with Crippen LogP contribution >= 0.6 is 12.4 Å². The van der Waals surface area contributed by atoms with Gasteiger partial charge in [-0.05, 0) is 69.5 Å². The van der Waals surface area contributed by atoms with Crippen LogP contribution in [0.3, 0.4) is 0 Å². The first-order valence-corrected chi connectivity index (χ1v) is 9.52. The van der Waals surface area contributed by atoms with Crippen LogP contribution in [0.4, 0.5) is 5.69 Å². The summed E-state index contributed by atoms with van der Waals surface area (Å²) in [6.07, 6.45) is 6.97. The van der Waals surface area contributed by atoms with Crippen molar-refractivity contribution >= 4 is 29.9 Å². The Balaban J connectivity index is 0.00000225. The molecule has 1 aromatic heterocycles. The zero-order valence-electron chi connectivity index (χ0n) is 15.9. The Morgan fingerprint density at radius 2 is 2.00 bits per heavy atom. The monoisotopic (exact) mass is 403 g/mol. The predicted octanol–water partition coefficient (Wildman–Crippen LogP) is 2.22. The van der Waals surface area contributed by atoms with Gasteiger partial charge in [0, 0.05) is 29.7 Å². The molecule has 1 aliphatic carbocycles. The molecule has 28 heavy (non-hydrogen) atoms. The maximum atomic E-state index is 13.3. The van der Waals surface area contributed by atoms with Gasteiger partial charge in [0.15, 0.2) is 0 Å². The van der Waals surface area contributed by atoms with Gasteiger partial charge in [0.05, 0.1) is 0 Å². The Morgan fingerprint density at radius 3 is 2.64 bits per heavy atom. The van der Waals surface area contributed by atoms with Crippen LogP contribution < -0.4 is 16.0 Å². The summed E-state index contributed by atoms with van der Waals surface area (Å²) >= 11 is 0. The highest BCUT2D eigenvalue weighted by Gasteiger charge is 2.42. The van der Waals surface area contributed by atoms with Crippen molar-refractivity contribution in [3.63, 3.8) is 0 Å². The van der Waals surface area contributed by atoms with Crippen molar-refractivity contribution in [2.75, 3.05) is 18.4 Å². The van der Waals surface area contributed by atoms with Gasteiger partial charge in [-0.15, -0.1) is 12.4 Å². The van der Waals surface area contributed by atoms with Gasteiger partial charge in [0.2, 0.25) is 0 Å². The molecule has 1 saturated heterocycles. The summed E-state index contributed by atoms with van der Waals surface area (Å²) in [4.78, 5) is 25.7. The van der Waals surface area contributed by atoms with E-state index in [1.54, 1.807) is 23.0 Å². The first kappa shape index (κ1) is 20.4. The standard InChI is InChI=1S/C20H25N5O2.ClH/c1-14-3-4-15(18(26)23-16-5-6-16)13-17(14)24-19(27)20(7-10-21-11-8-20)25-12-2-9-22-25;/h2-4,9,12-13,16,21H,5-8,10-11H2,1H3,(H,23,26)(H,24,27);1H. The Bertz CT molecular complexity index is 842. The van der Waals surface area contributed by atoms with Crippen molar-refractivity contribution in [1.29, 1.82) is 0 Å². The van der Waals surface area contributed by atoms with Crippen LogP contribution in [0.1, 0.15) is 41.6 Å². The van der Waals surface area contributed by atoms with E-state index in [0.717, 1.165) is 31.5 Å². The number of hydrogen-bond acceptors (Lipinski definition) is 4. The quantitative estimate of drug-likeness (QED) is 0.714. The van der Waals surface area contributed by atoms with Crippen LogP contribution in [0.2, 0.25) is 0 Å². The van der Waals surface area contributed by atoms with Crippen LogP contribution in [-0.4, -0.2) is 40.7 Å². The van der Waals surface area contributed by atoms with Crippen molar-refractivity contribution in [3.8, 4) is 0 Å². The van der Waals surface area contributed by atoms with Crippen LogP contribution in [-0.2, 0) is 10.3 Å². The number of nitrogens with one attached hydrogen (secondary N) is 3. The lowest BCUT2D eigenvalue weighted by Gasteiger charge is -2.36. The molecule has 2 aliphatic rings. The van der Waals surface area contributed by atoms with E-state index in [0.29, 0.717) is 30.1 Å². The summed E-state index contributed by atoms with van der Waals surface area (Å²) in [5.74, 6) is -0.174. The van der Waals surface area contributed by atoms with E-state index in [1.807, 2.05) is 25.3 Å². The minimum atomic E-state index is -0.715. The summed E-state index contributed by atoms with van der Waals surface area (Å²) in [5, 5.41) is 13.7. The molecule has 0 spiro atoms. The number of benzene rings is 1. The third kappa shape index (κ3) is 4.05. The van der Waals surface area contributed by atoms with Crippen molar-refractivity contribution in [3.05, 3.63) is 47.8 Å². The smallest absolute Gasteiger partial charge is 0.252 e. The number of piperidine rings is 1. The summed E-state index contributed by atoms with van der Waals surface area (Å²) in [6, 6.07) is 7.58. The fourth-order valence-electron chi connectivity index (χ4n) is 3.56. The highest BCUT2D eigenvalue weighted by Crippen LogP contribution is 2.30. The zero-order chi connectivity index (χ0) is 18.9. The second-order valence-corrected chi connectivity index (χ2v) is 7.46. The van der Waals surface area contributed by atoms with E-state index >= 15 is 0 Å². The fraction of sp³-hybridized carbons (Fsp3) is 0.450. The lowest BCUT2D eigenvalue weighted by molar-refractivity contribution is -0.126. The van der Waals surface area contributed by atoms with Gasteiger partial charge in [0.25, 0.3) is 11.8 Å². The molecular weight excluding hydrogens is 378 g/mol. The van der Waals surface area contributed by atoms with Crippen LogP contribution in [0.5, 0.6) is 0 Å². The van der Waals surface area contributed by atoms with Crippen molar-refractivity contribution < 1.29 is 9.59 Å². The molecular formula is C20H26ClN5O2. The van der Waals surface area contributed by atoms with Crippen molar-refractivity contribution in [2.24, 2.45) is 0 Å². The largest absolute Gasteiger partial charge is 0.349 e. The number of rotatable bonds is 5. The van der Waals surface area contributed by atoms with E-state index in [-0.39, 0.29) is 24.2 Å².